The smallest absolute Gasteiger partial charge is 0.145 e. The minimum Gasteiger partial charge on any atom is -0.313 e. The van der Waals surface area contributed by atoms with E-state index >= 15 is 0 Å². The van der Waals surface area contributed by atoms with Gasteiger partial charge in [-0.05, 0) is 19.4 Å². The van der Waals surface area contributed by atoms with Gasteiger partial charge in [-0.15, -0.1) is 12.4 Å². The summed E-state index contributed by atoms with van der Waals surface area (Å²) in [5.41, 5.74) is 0. The van der Waals surface area contributed by atoms with Crippen molar-refractivity contribution in [3.05, 3.63) is 18.6 Å². The number of piperidine rings is 1. The number of rotatable bonds is 3. The van der Waals surface area contributed by atoms with E-state index in [1.165, 1.54) is 12.8 Å². The molecule has 1 saturated heterocycles. The summed E-state index contributed by atoms with van der Waals surface area (Å²) < 4.78 is 11.9. The minimum absolute atomic E-state index is 0. The molecule has 1 aliphatic rings. The molecule has 0 saturated carbocycles. The Bertz CT molecular complexity index is 330. The van der Waals surface area contributed by atoms with Gasteiger partial charge in [0.15, 0.2) is 0 Å². The Balaban J connectivity index is 0.00000128. The number of halogens is 1. The molecule has 1 aliphatic heterocycles. The first kappa shape index (κ1) is 13.5. The Morgan fingerprint density at radius 2 is 2.31 bits per heavy atom. The van der Waals surface area contributed by atoms with Crippen molar-refractivity contribution < 1.29 is 4.21 Å². The average Bonchev–Trinajstić information content (AvgIpc) is 2.31. The highest BCUT2D eigenvalue weighted by Crippen LogP contribution is 2.10. The second kappa shape index (κ2) is 6.93. The van der Waals surface area contributed by atoms with Crippen LogP contribution in [0.4, 0.5) is 0 Å². The van der Waals surface area contributed by atoms with Crippen LogP contribution in [-0.2, 0) is 10.8 Å². The van der Waals surface area contributed by atoms with Crippen molar-refractivity contribution in [3.8, 4) is 0 Å². The molecule has 4 nitrogen and oxygen atoms in total. The van der Waals surface area contributed by atoms with Crippen LogP contribution in [0.25, 0.3) is 0 Å². The van der Waals surface area contributed by atoms with Gasteiger partial charge in [-0.3, -0.25) is 9.19 Å². The molecule has 0 aliphatic carbocycles. The van der Waals surface area contributed by atoms with Gasteiger partial charge in [0, 0.05) is 24.2 Å². The van der Waals surface area contributed by atoms with Crippen LogP contribution in [0, 0.1) is 0 Å². The van der Waals surface area contributed by atoms with Crippen molar-refractivity contribution in [2.45, 2.75) is 30.3 Å². The summed E-state index contributed by atoms with van der Waals surface area (Å²) >= 11 is 0. The number of aromatic nitrogens is 2. The van der Waals surface area contributed by atoms with Crippen LogP contribution < -0.4 is 5.32 Å². The zero-order chi connectivity index (χ0) is 10.5. The number of hydrogen-bond donors (Lipinski definition) is 1. The molecule has 1 fully saturated rings. The topological polar surface area (TPSA) is 54.9 Å². The van der Waals surface area contributed by atoms with Gasteiger partial charge < -0.3 is 5.32 Å². The second-order valence-corrected chi connectivity index (χ2v) is 5.15. The minimum atomic E-state index is -1.02. The van der Waals surface area contributed by atoms with Crippen LogP contribution in [0.2, 0.25) is 0 Å². The highest BCUT2D eigenvalue weighted by molar-refractivity contribution is 7.85. The number of hydrogen-bond acceptors (Lipinski definition) is 4. The molecule has 0 spiro atoms. The largest absolute Gasteiger partial charge is 0.313 e. The lowest BCUT2D eigenvalue weighted by molar-refractivity contribution is 0.427. The van der Waals surface area contributed by atoms with E-state index < -0.39 is 10.8 Å². The first-order valence-electron chi connectivity index (χ1n) is 5.24. The lowest BCUT2D eigenvalue weighted by Crippen LogP contribution is -2.38. The Kier molecular flexibility index (Phi) is 5.87. The monoisotopic (exact) mass is 261 g/mol. The molecule has 16 heavy (non-hydrogen) atoms. The summed E-state index contributed by atoms with van der Waals surface area (Å²) in [6, 6.07) is 0.376. The molecular formula is C10H16ClN3OS. The van der Waals surface area contributed by atoms with Gasteiger partial charge in [0.1, 0.15) is 5.03 Å². The third-order valence-electron chi connectivity index (χ3n) is 2.54. The summed E-state index contributed by atoms with van der Waals surface area (Å²) in [4.78, 5) is 7.98. The summed E-state index contributed by atoms with van der Waals surface area (Å²) in [5, 5.41) is 3.97. The molecule has 2 rings (SSSR count). The van der Waals surface area contributed by atoms with E-state index in [1.54, 1.807) is 18.6 Å². The van der Waals surface area contributed by atoms with E-state index in [0.717, 1.165) is 13.0 Å². The molecule has 0 radical (unpaired) electrons. The van der Waals surface area contributed by atoms with Crippen LogP contribution in [0.3, 0.4) is 0 Å². The van der Waals surface area contributed by atoms with Gasteiger partial charge in [-0.25, -0.2) is 4.98 Å². The van der Waals surface area contributed by atoms with Gasteiger partial charge in [0.05, 0.1) is 17.0 Å². The highest BCUT2D eigenvalue weighted by Gasteiger charge is 2.16. The van der Waals surface area contributed by atoms with Crippen LogP contribution in [0.15, 0.2) is 23.6 Å². The Labute approximate surface area is 104 Å². The van der Waals surface area contributed by atoms with Gasteiger partial charge in [-0.2, -0.15) is 0 Å². The predicted octanol–water partition coefficient (Wildman–Crippen LogP) is 1.15. The summed E-state index contributed by atoms with van der Waals surface area (Å²) in [6.07, 6.45) is 8.34. The number of nitrogens with one attached hydrogen (secondary N) is 1. The number of nitrogens with zero attached hydrogens (tertiary/aromatic N) is 2. The standard InChI is InChI=1S/C10H15N3OS.ClH/c14-15(10-7-11-5-6-13-10)8-9-3-1-2-4-12-9;/h5-7,9,12H,1-4,8H2;1H. The lowest BCUT2D eigenvalue weighted by Gasteiger charge is -2.22. The van der Waals surface area contributed by atoms with Gasteiger partial charge in [-0.1, -0.05) is 6.42 Å². The quantitative estimate of drug-likeness (QED) is 0.887. The molecular weight excluding hydrogens is 246 g/mol. The molecule has 0 aromatic carbocycles. The third kappa shape index (κ3) is 3.81. The molecule has 2 heterocycles. The molecule has 90 valence electrons. The SMILES string of the molecule is Cl.O=S(CC1CCCCN1)c1cnccn1. The summed E-state index contributed by atoms with van der Waals surface area (Å²) in [6.45, 7) is 1.04. The van der Waals surface area contributed by atoms with Gasteiger partial charge in [0.25, 0.3) is 0 Å². The predicted molar refractivity (Wildman–Crippen MR) is 66.2 cm³/mol. The van der Waals surface area contributed by atoms with Gasteiger partial charge >= 0.3 is 0 Å². The van der Waals surface area contributed by atoms with Crippen LogP contribution >= 0.6 is 12.4 Å². The molecule has 1 N–H and O–H groups in total. The zero-order valence-corrected chi connectivity index (χ0v) is 10.6. The van der Waals surface area contributed by atoms with Gasteiger partial charge in [0.2, 0.25) is 0 Å². The fraction of sp³-hybridized carbons (Fsp3) is 0.600. The normalized spacial score (nSPS) is 22.1. The molecule has 1 aromatic rings. The molecule has 6 heteroatoms. The van der Waals surface area contributed by atoms with Crippen molar-refractivity contribution >= 4 is 23.2 Å². The molecule has 0 bridgehead atoms. The van der Waals surface area contributed by atoms with Crippen LogP contribution in [-0.4, -0.2) is 32.5 Å². The Morgan fingerprint density at radius 1 is 1.44 bits per heavy atom. The summed E-state index contributed by atoms with van der Waals surface area (Å²) in [7, 11) is -1.02. The fourth-order valence-electron chi connectivity index (χ4n) is 1.74. The first-order valence-corrected chi connectivity index (χ1v) is 6.56. The van der Waals surface area contributed by atoms with E-state index in [-0.39, 0.29) is 12.4 Å². The molecule has 1 aromatic heterocycles. The van der Waals surface area contributed by atoms with E-state index in [2.05, 4.69) is 15.3 Å². The van der Waals surface area contributed by atoms with Crippen molar-refractivity contribution in [2.24, 2.45) is 0 Å². The molecule has 2 unspecified atom stereocenters. The molecule has 2 atom stereocenters. The summed E-state index contributed by atoms with van der Waals surface area (Å²) in [5.74, 6) is 0.651. The van der Waals surface area contributed by atoms with E-state index in [0.29, 0.717) is 16.8 Å². The Hall–Kier alpha value is -0.520. The van der Waals surface area contributed by atoms with Crippen molar-refractivity contribution in [2.75, 3.05) is 12.3 Å². The first-order chi connectivity index (χ1) is 7.36. The van der Waals surface area contributed by atoms with Crippen molar-refractivity contribution in [1.82, 2.24) is 15.3 Å². The van der Waals surface area contributed by atoms with Crippen LogP contribution in [0.5, 0.6) is 0 Å². The van der Waals surface area contributed by atoms with Crippen molar-refractivity contribution in [1.29, 1.82) is 0 Å². The van der Waals surface area contributed by atoms with E-state index in [4.69, 9.17) is 0 Å². The van der Waals surface area contributed by atoms with Crippen molar-refractivity contribution in [3.63, 3.8) is 0 Å². The molecule has 0 amide bonds. The maximum Gasteiger partial charge on any atom is 0.145 e. The lowest BCUT2D eigenvalue weighted by atomic mass is 10.1. The van der Waals surface area contributed by atoms with E-state index in [9.17, 15) is 4.21 Å². The van der Waals surface area contributed by atoms with Crippen LogP contribution in [0.1, 0.15) is 19.3 Å². The maximum atomic E-state index is 11.9. The maximum absolute atomic E-state index is 11.9. The Morgan fingerprint density at radius 3 is 2.94 bits per heavy atom. The zero-order valence-electron chi connectivity index (χ0n) is 8.96. The van der Waals surface area contributed by atoms with E-state index in [1.807, 2.05) is 0 Å². The highest BCUT2D eigenvalue weighted by atomic mass is 35.5. The second-order valence-electron chi connectivity index (χ2n) is 3.70. The third-order valence-corrected chi connectivity index (χ3v) is 3.92. The average molecular weight is 262 g/mol. The fourth-order valence-corrected chi connectivity index (χ4v) is 2.91.